The molecule has 2 aromatic carbocycles. The highest BCUT2D eigenvalue weighted by Crippen LogP contribution is 2.19. The third kappa shape index (κ3) is 3.77. The summed E-state index contributed by atoms with van der Waals surface area (Å²) in [6, 6.07) is 10.4. The van der Waals surface area contributed by atoms with Crippen molar-refractivity contribution in [1.82, 2.24) is 14.7 Å². The van der Waals surface area contributed by atoms with Gasteiger partial charge < -0.3 is 10.4 Å². The Labute approximate surface area is 175 Å². The number of carbonyl (C=O) groups excluding carboxylic acids is 1. The Morgan fingerprint density at radius 3 is 2.63 bits per heavy atom. The molecule has 4 rings (SSSR count). The predicted octanol–water partition coefficient (Wildman–Crippen LogP) is 2.15. The molecule has 0 aliphatic carbocycles. The van der Waals surface area contributed by atoms with Crippen LogP contribution in [0.3, 0.4) is 0 Å². The van der Waals surface area contributed by atoms with Gasteiger partial charge in [-0.05, 0) is 48.2 Å². The average Bonchev–Trinajstić information content (AvgIpc) is 2.75. The first kappa shape index (κ1) is 20.0. The van der Waals surface area contributed by atoms with E-state index in [-0.39, 0.29) is 24.1 Å². The maximum absolute atomic E-state index is 13.1. The molecule has 0 aliphatic rings. The molecule has 0 atom stereocenters. The highest BCUT2D eigenvalue weighted by atomic mass is 35.5. The van der Waals surface area contributed by atoms with Crippen molar-refractivity contribution in [2.75, 3.05) is 6.61 Å². The number of aliphatic hydroxyl groups is 1. The fourth-order valence-corrected chi connectivity index (χ4v) is 3.56. The summed E-state index contributed by atoms with van der Waals surface area (Å²) in [5.41, 5.74) is 1.49. The molecule has 0 bridgehead atoms. The Morgan fingerprint density at radius 1 is 1.13 bits per heavy atom. The molecule has 2 N–H and O–H groups in total. The molecule has 1 amide bonds. The Balaban J connectivity index is 1.78. The van der Waals surface area contributed by atoms with Crippen LogP contribution in [0.15, 0.2) is 58.4 Å². The number of aryl methyl sites for hydroxylation is 1. The second-order valence-electron chi connectivity index (χ2n) is 6.99. The van der Waals surface area contributed by atoms with E-state index in [0.29, 0.717) is 28.9 Å². The van der Waals surface area contributed by atoms with Crippen molar-refractivity contribution in [3.8, 4) is 0 Å². The largest absolute Gasteiger partial charge is 0.396 e. The summed E-state index contributed by atoms with van der Waals surface area (Å²) in [6.07, 6.45) is 3.52. The van der Waals surface area contributed by atoms with E-state index in [4.69, 9.17) is 16.7 Å². The Bertz CT molecular complexity index is 1350. The zero-order chi connectivity index (χ0) is 21.3. The van der Waals surface area contributed by atoms with Gasteiger partial charge in [0.2, 0.25) is 5.43 Å². The lowest BCUT2D eigenvalue weighted by molar-refractivity contribution is 0.0949. The van der Waals surface area contributed by atoms with Gasteiger partial charge in [-0.2, -0.15) is 0 Å². The van der Waals surface area contributed by atoms with Gasteiger partial charge in [0.1, 0.15) is 5.56 Å². The van der Waals surface area contributed by atoms with Crippen molar-refractivity contribution < 1.29 is 9.90 Å². The number of nitrogens with zero attached hydrogens (tertiary/aromatic N) is 2. The maximum atomic E-state index is 13.1. The number of aromatic nitrogens is 2. The predicted molar refractivity (Wildman–Crippen MR) is 114 cm³/mol. The maximum Gasteiger partial charge on any atom is 0.273 e. The van der Waals surface area contributed by atoms with Gasteiger partial charge in [-0.25, -0.2) is 4.98 Å². The highest BCUT2D eigenvalue weighted by Gasteiger charge is 2.18. The van der Waals surface area contributed by atoms with Crippen LogP contribution in [0.5, 0.6) is 0 Å². The second kappa shape index (κ2) is 8.22. The molecule has 0 saturated carbocycles. The van der Waals surface area contributed by atoms with E-state index in [0.717, 1.165) is 17.3 Å². The number of rotatable bonds is 6. The Kier molecular flexibility index (Phi) is 5.48. The van der Waals surface area contributed by atoms with Gasteiger partial charge in [-0.1, -0.05) is 23.7 Å². The minimum absolute atomic E-state index is 0.0203. The number of halogens is 1. The lowest BCUT2D eigenvalue weighted by Gasteiger charge is -2.11. The summed E-state index contributed by atoms with van der Waals surface area (Å²) in [5, 5.41) is 12.7. The fourth-order valence-electron chi connectivity index (χ4n) is 3.43. The third-order valence-corrected chi connectivity index (χ3v) is 5.18. The first-order valence-electron chi connectivity index (χ1n) is 9.42. The minimum Gasteiger partial charge on any atom is -0.396 e. The number of hydrogen-bond donors (Lipinski definition) is 2. The molecule has 0 unspecified atom stereocenters. The van der Waals surface area contributed by atoms with Crippen LogP contribution in [-0.4, -0.2) is 27.0 Å². The second-order valence-corrected chi connectivity index (χ2v) is 7.42. The van der Waals surface area contributed by atoms with E-state index in [1.54, 1.807) is 36.4 Å². The van der Waals surface area contributed by atoms with Crippen LogP contribution < -0.4 is 16.3 Å². The van der Waals surface area contributed by atoms with Crippen molar-refractivity contribution in [3.05, 3.63) is 91.1 Å². The van der Waals surface area contributed by atoms with Crippen molar-refractivity contribution >= 4 is 33.9 Å². The average molecular weight is 424 g/mol. The molecule has 2 aromatic heterocycles. The van der Waals surface area contributed by atoms with Crippen LogP contribution in [0.4, 0.5) is 0 Å². The third-order valence-electron chi connectivity index (χ3n) is 4.92. The molecule has 2 heterocycles. The van der Waals surface area contributed by atoms with Crippen molar-refractivity contribution in [3.63, 3.8) is 0 Å². The number of amides is 1. The van der Waals surface area contributed by atoms with Crippen LogP contribution >= 0.6 is 11.6 Å². The van der Waals surface area contributed by atoms with Crippen molar-refractivity contribution in [2.24, 2.45) is 0 Å². The minimum atomic E-state index is -0.571. The number of aliphatic hydroxyl groups excluding tert-OH is 1. The van der Waals surface area contributed by atoms with Gasteiger partial charge in [0.25, 0.3) is 11.5 Å². The van der Waals surface area contributed by atoms with Crippen LogP contribution in [-0.2, 0) is 13.0 Å². The lowest BCUT2D eigenvalue weighted by Crippen LogP contribution is -2.30. The van der Waals surface area contributed by atoms with E-state index in [1.807, 2.05) is 0 Å². The van der Waals surface area contributed by atoms with Gasteiger partial charge in [0.05, 0.1) is 17.2 Å². The van der Waals surface area contributed by atoms with Gasteiger partial charge in [0, 0.05) is 29.8 Å². The zero-order valence-corrected chi connectivity index (χ0v) is 16.6. The first-order valence-corrected chi connectivity index (χ1v) is 9.80. The molecule has 0 radical (unpaired) electrons. The number of hydrogen-bond acceptors (Lipinski definition) is 5. The van der Waals surface area contributed by atoms with E-state index < -0.39 is 16.9 Å². The quantitative estimate of drug-likeness (QED) is 0.495. The van der Waals surface area contributed by atoms with Crippen LogP contribution in [0.25, 0.3) is 16.4 Å². The number of benzene rings is 2. The molecule has 4 aromatic rings. The van der Waals surface area contributed by atoms with Crippen LogP contribution in [0, 0.1) is 0 Å². The highest BCUT2D eigenvalue weighted by molar-refractivity contribution is 6.30. The first-order chi connectivity index (χ1) is 14.5. The lowest BCUT2D eigenvalue weighted by atomic mass is 10.0. The summed E-state index contributed by atoms with van der Waals surface area (Å²) in [6.45, 7) is 0.233. The Morgan fingerprint density at radius 2 is 1.90 bits per heavy atom. The summed E-state index contributed by atoms with van der Waals surface area (Å²) in [5.74, 6) is -0.571. The van der Waals surface area contributed by atoms with E-state index in [2.05, 4.69) is 10.3 Å². The van der Waals surface area contributed by atoms with E-state index >= 15 is 0 Å². The molecule has 0 fully saturated rings. The number of pyridine rings is 1. The molecule has 30 heavy (non-hydrogen) atoms. The monoisotopic (exact) mass is 423 g/mol. The van der Waals surface area contributed by atoms with E-state index in [1.165, 1.54) is 10.6 Å². The molecule has 8 heteroatoms. The smallest absolute Gasteiger partial charge is 0.273 e. The van der Waals surface area contributed by atoms with Gasteiger partial charge in [-0.15, -0.1) is 0 Å². The fraction of sp³-hybridized carbons (Fsp3) is 0.182. The summed E-state index contributed by atoms with van der Waals surface area (Å²) < 4.78 is 1.28. The zero-order valence-electron chi connectivity index (χ0n) is 15.9. The number of nitrogens with one attached hydrogen (secondary N) is 1. The summed E-state index contributed by atoms with van der Waals surface area (Å²) in [4.78, 5) is 42.4. The molecule has 7 nitrogen and oxygen atoms in total. The van der Waals surface area contributed by atoms with Crippen LogP contribution in [0.1, 0.15) is 27.9 Å². The number of carbonyl (C=O) groups is 1. The molecule has 152 valence electrons. The van der Waals surface area contributed by atoms with Gasteiger partial charge >= 0.3 is 0 Å². The summed E-state index contributed by atoms with van der Waals surface area (Å²) in [7, 11) is 0. The molecule has 0 spiro atoms. The SMILES string of the molecule is O=C(NCc1ccc(Cl)cc1)c1cn2c(=O)cnc3cc(CCCO)cc(c1=O)c32. The van der Waals surface area contributed by atoms with Crippen molar-refractivity contribution in [2.45, 2.75) is 19.4 Å². The van der Waals surface area contributed by atoms with Gasteiger partial charge in [-0.3, -0.25) is 18.8 Å². The molecular weight excluding hydrogens is 406 g/mol. The van der Waals surface area contributed by atoms with E-state index in [9.17, 15) is 14.4 Å². The Hall–Kier alpha value is -3.29. The topological polar surface area (TPSA) is 101 Å². The molecule has 0 aliphatic heterocycles. The molecular formula is C22H18ClN3O4. The standard InChI is InChI=1S/C22H18ClN3O4/c23-15-5-3-13(4-6-15)10-25-22(30)17-12-26-19(28)11-24-18-9-14(2-1-7-27)8-16(20(18)26)21(17)29/h3-6,8-9,11-12,27H,1-2,7,10H2,(H,25,30). The van der Waals surface area contributed by atoms with Crippen LogP contribution in [0.2, 0.25) is 5.02 Å². The van der Waals surface area contributed by atoms with Crippen molar-refractivity contribution in [1.29, 1.82) is 0 Å². The normalized spacial score (nSPS) is 11.3. The van der Waals surface area contributed by atoms with Gasteiger partial charge in [0.15, 0.2) is 0 Å². The summed E-state index contributed by atoms with van der Waals surface area (Å²) >= 11 is 5.87. The molecule has 0 saturated heterocycles.